The number of hydrogen-bond donors (Lipinski definition) is 0. The van der Waals surface area contributed by atoms with E-state index in [4.69, 9.17) is 13.9 Å². The number of carbonyl (C=O) groups excluding carboxylic acids is 2. The van der Waals surface area contributed by atoms with Crippen LogP contribution >= 0.6 is 0 Å². The van der Waals surface area contributed by atoms with E-state index < -0.39 is 66.3 Å². The van der Waals surface area contributed by atoms with Crippen molar-refractivity contribution in [3.8, 4) is 17.2 Å². The summed E-state index contributed by atoms with van der Waals surface area (Å²) in [7, 11) is -6.10. The Hall–Kier alpha value is -3.61. The standard InChI is InChI=1S/C24H23F3O9S/c1-22(2,3)20(29)34-14-9-7-8-13-17(14)19(28)18-15(33-13)10-12(36-37(31,32)24(25,26)27)11-16(18)35-21(30)23(4,5)6/h7-11H,1-6H3. The van der Waals surface area contributed by atoms with Crippen molar-refractivity contribution in [2.24, 2.45) is 10.8 Å². The Bertz CT molecular complexity index is 1570. The number of carbonyl (C=O) groups is 2. The maximum absolute atomic E-state index is 13.6. The molecular weight excluding hydrogens is 521 g/mol. The average molecular weight is 545 g/mol. The second kappa shape index (κ2) is 9.05. The average Bonchev–Trinajstić information content (AvgIpc) is 2.70. The van der Waals surface area contributed by atoms with E-state index in [9.17, 15) is 36.0 Å². The number of ether oxygens (including phenoxy) is 2. The molecule has 1 heterocycles. The van der Waals surface area contributed by atoms with E-state index in [0.29, 0.717) is 6.07 Å². The lowest BCUT2D eigenvalue weighted by Crippen LogP contribution is -2.28. The summed E-state index contributed by atoms with van der Waals surface area (Å²) >= 11 is 0. The molecule has 0 unspecified atom stereocenters. The number of halogens is 3. The molecule has 200 valence electrons. The second-order valence-corrected chi connectivity index (χ2v) is 11.7. The molecule has 0 atom stereocenters. The monoisotopic (exact) mass is 544 g/mol. The van der Waals surface area contributed by atoms with Gasteiger partial charge < -0.3 is 18.1 Å². The van der Waals surface area contributed by atoms with Gasteiger partial charge in [0.2, 0.25) is 5.43 Å². The van der Waals surface area contributed by atoms with E-state index in [1.165, 1.54) is 39.0 Å². The molecule has 0 bridgehead atoms. The van der Waals surface area contributed by atoms with E-state index in [1.54, 1.807) is 20.8 Å². The molecule has 0 N–H and O–H groups in total. The normalized spacial score (nSPS) is 13.0. The van der Waals surface area contributed by atoms with Crippen LogP contribution in [0.1, 0.15) is 41.5 Å². The van der Waals surface area contributed by atoms with Crippen molar-refractivity contribution >= 4 is 44.0 Å². The third-order valence-corrected chi connectivity index (χ3v) is 5.80. The van der Waals surface area contributed by atoms with Gasteiger partial charge in [-0.2, -0.15) is 21.6 Å². The summed E-state index contributed by atoms with van der Waals surface area (Å²) in [4.78, 5) is 38.6. The summed E-state index contributed by atoms with van der Waals surface area (Å²) in [6, 6.07) is 5.45. The third-order valence-electron chi connectivity index (χ3n) is 4.82. The first kappa shape index (κ1) is 28.0. The topological polar surface area (TPSA) is 126 Å². The number of hydrogen-bond acceptors (Lipinski definition) is 9. The number of fused-ring (bicyclic) bond motifs is 2. The van der Waals surface area contributed by atoms with Crippen molar-refractivity contribution in [3.05, 3.63) is 40.6 Å². The minimum atomic E-state index is -6.10. The molecule has 0 amide bonds. The molecule has 3 rings (SSSR count). The van der Waals surface area contributed by atoms with E-state index in [0.717, 1.165) is 6.07 Å². The van der Waals surface area contributed by atoms with Gasteiger partial charge in [0.05, 0.1) is 10.8 Å². The first-order valence-corrected chi connectivity index (χ1v) is 12.1. The van der Waals surface area contributed by atoms with Crippen LogP contribution in [-0.2, 0) is 19.7 Å². The fourth-order valence-corrected chi connectivity index (χ4v) is 3.27. The number of benzene rings is 2. The molecule has 0 aliphatic carbocycles. The van der Waals surface area contributed by atoms with Gasteiger partial charge >= 0.3 is 27.6 Å². The Morgan fingerprint density at radius 3 is 1.84 bits per heavy atom. The molecule has 0 aliphatic heterocycles. The second-order valence-electron chi connectivity index (χ2n) is 10.1. The molecule has 13 heteroatoms. The van der Waals surface area contributed by atoms with Gasteiger partial charge in [0.1, 0.15) is 39.2 Å². The van der Waals surface area contributed by atoms with Gasteiger partial charge in [-0.05, 0) is 53.7 Å². The maximum atomic E-state index is 13.6. The molecule has 0 fully saturated rings. The van der Waals surface area contributed by atoms with Crippen LogP contribution in [0, 0.1) is 10.8 Å². The zero-order valence-corrected chi connectivity index (χ0v) is 21.4. The Morgan fingerprint density at radius 1 is 0.811 bits per heavy atom. The SMILES string of the molecule is CC(C)(C)C(=O)Oc1cccc2oc3cc(OS(=O)(=O)C(F)(F)F)cc(OC(=O)C(C)(C)C)c3c(=O)c12. The van der Waals surface area contributed by atoms with Gasteiger partial charge in [-0.3, -0.25) is 14.4 Å². The highest BCUT2D eigenvalue weighted by molar-refractivity contribution is 7.88. The van der Waals surface area contributed by atoms with Crippen LogP contribution in [0.25, 0.3) is 21.9 Å². The number of esters is 2. The zero-order chi connectivity index (χ0) is 28.1. The first-order chi connectivity index (χ1) is 16.7. The summed E-state index contributed by atoms with van der Waals surface area (Å²) in [6.45, 7) is 9.23. The third kappa shape index (κ3) is 5.71. The van der Waals surface area contributed by atoms with E-state index in [-0.39, 0.29) is 16.7 Å². The maximum Gasteiger partial charge on any atom is 0.534 e. The minimum Gasteiger partial charge on any atom is -0.455 e. The Balaban J connectivity index is 2.34. The Labute approximate surface area is 209 Å². The lowest BCUT2D eigenvalue weighted by atomic mass is 9.97. The Morgan fingerprint density at radius 2 is 1.32 bits per heavy atom. The van der Waals surface area contributed by atoms with Crippen LogP contribution in [0.15, 0.2) is 39.5 Å². The van der Waals surface area contributed by atoms with Crippen LogP contribution < -0.4 is 19.1 Å². The van der Waals surface area contributed by atoms with Crippen molar-refractivity contribution in [2.75, 3.05) is 0 Å². The van der Waals surface area contributed by atoms with Crippen LogP contribution in [-0.4, -0.2) is 25.9 Å². The smallest absolute Gasteiger partial charge is 0.455 e. The molecule has 0 spiro atoms. The molecule has 3 aromatic rings. The van der Waals surface area contributed by atoms with Crippen molar-refractivity contribution in [1.29, 1.82) is 0 Å². The number of rotatable bonds is 4. The Kier molecular flexibility index (Phi) is 6.84. The molecule has 2 aromatic carbocycles. The van der Waals surface area contributed by atoms with E-state index in [1.807, 2.05) is 0 Å². The van der Waals surface area contributed by atoms with Gasteiger partial charge in [0, 0.05) is 12.1 Å². The highest BCUT2D eigenvalue weighted by Gasteiger charge is 2.48. The summed E-state index contributed by atoms with van der Waals surface area (Å²) in [6.07, 6.45) is 0. The quantitative estimate of drug-likeness (QED) is 0.145. The fraction of sp³-hybridized carbons (Fsp3) is 0.375. The lowest BCUT2D eigenvalue weighted by molar-refractivity contribution is -0.143. The van der Waals surface area contributed by atoms with Crippen LogP contribution in [0.2, 0.25) is 0 Å². The zero-order valence-electron chi connectivity index (χ0n) is 20.6. The van der Waals surface area contributed by atoms with Crippen molar-refractivity contribution < 1.29 is 49.3 Å². The highest BCUT2D eigenvalue weighted by Crippen LogP contribution is 2.37. The predicted octanol–water partition coefficient (Wildman–Crippen LogP) is 5.08. The molecule has 0 saturated heterocycles. The molecular formula is C24H23F3O9S. The van der Waals surface area contributed by atoms with Crippen LogP contribution in [0.5, 0.6) is 17.2 Å². The van der Waals surface area contributed by atoms with Gasteiger partial charge in [-0.25, -0.2) is 0 Å². The largest absolute Gasteiger partial charge is 0.534 e. The summed E-state index contributed by atoms with van der Waals surface area (Å²) in [5, 5.41) is -0.627. The summed E-state index contributed by atoms with van der Waals surface area (Å²) in [5.74, 6) is -3.26. The summed E-state index contributed by atoms with van der Waals surface area (Å²) < 4.78 is 82.3. The molecule has 0 saturated carbocycles. The molecule has 0 radical (unpaired) electrons. The lowest BCUT2D eigenvalue weighted by Gasteiger charge is -2.19. The van der Waals surface area contributed by atoms with Crippen molar-refractivity contribution in [3.63, 3.8) is 0 Å². The van der Waals surface area contributed by atoms with Crippen LogP contribution in [0.4, 0.5) is 13.2 Å². The van der Waals surface area contributed by atoms with E-state index in [2.05, 4.69) is 4.18 Å². The summed E-state index contributed by atoms with van der Waals surface area (Å²) in [5.41, 5.74) is -9.23. The van der Waals surface area contributed by atoms with Gasteiger partial charge in [0.15, 0.2) is 0 Å². The fourth-order valence-electron chi connectivity index (χ4n) is 2.83. The van der Waals surface area contributed by atoms with Gasteiger partial charge in [-0.1, -0.05) is 6.07 Å². The van der Waals surface area contributed by atoms with Crippen molar-refractivity contribution in [2.45, 2.75) is 47.1 Å². The van der Waals surface area contributed by atoms with Gasteiger partial charge in [0.25, 0.3) is 0 Å². The molecule has 0 aliphatic rings. The molecule has 37 heavy (non-hydrogen) atoms. The number of alkyl halides is 3. The highest BCUT2D eigenvalue weighted by atomic mass is 32.2. The molecule has 9 nitrogen and oxygen atoms in total. The minimum absolute atomic E-state index is 0.138. The van der Waals surface area contributed by atoms with Gasteiger partial charge in [-0.15, -0.1) is 0 Å². The van der Waals surface area contributed by atoms with E-state index >= 15 is 0 Å². The first-order valence-electron chi connectivity index (χ1n) is 10.7. The van der Waals surface area contributed by atoms with Crippen molar-refractivity contribution in [1.82, 2.24) is 0 Å². The van der Waals surface area contributed by atoms with Crippen LogP contribution in [0.3, 0.4) is 0 Å². The molecule has 1 aromatic heterocycles. The predicted molar refractivity (Wildman–Crippen MR) is 126 cm³/mol.